The van der Waals surface area contributed by atoms with Crippen molar-refractivity contribution in [3.63, 3.8) is 0 Å². The van der Waals surface area contributed by atoms with Crippen LogP contribution in [0.5, 0.6) is 0 Å². The minimum absolute atomic E-state index is 0.00604. The Kier molecular flexibility index (Phi) is 5.74. The Morgan fingerprint density at radius 2 is 1.36 bits per heavy atom. The third kappa shape index (κ3) is 3.87. The van der Waals surface area contributed by atoms with Crippen LogP contribution in [0.1, 0.15) is 20.8 Å². The first-order valence-electron chi connectivity index (χ1n) is 8.94. The summed E-state index contributed by atoms with van der Waals surface area (Å²) in [7, 11) is -2.44. The molecular weight excluding hydrogens is 328 g/mol. The van der Waals surface area contributed by atoms with Crippen molar-refractivity contribution >= 4 is 18.7 Å². The molecule has 0 aromatic heterocycles. The zero-order valence-corrected chi connectivity index (χ0v) is 16.4. The van der Waals surface area contributed by atoms with Crippen molar-refractivity contribution in [1.29, 1.82) is 0 Å². The van der Waals surface area contributed by atoms with E-state index in [9.17, 15) is 0 Å². The van der Waals surface area contributed by atoms with Crippen LogP contribution in [0.15, 0.2) is 60.7 Å². The molecule has 1 aliphatic heterocycles. The number of benzene rings is 2. The highest BCUT2D eigenvalue weighted by atomic mass is 28.4. The maximum Gasteiger partial charge on any atom is 0.261 e. The van der Waals surface area contributed by atoms with Crippen molar-refractivity contribution in [3.05, 3.63) is 60.7 Å². The Bertz CT molecular complexity index is 606. The molecule has 0 unspecified atom stereocenters. The predicted octanol–water partition coefficient (Wildman–Crippen LogP) is 3.18. The highest BCUT2D eigenvalue weighted by Crippen LogP contribution is 2.37. The van der Waals surface area contributed by atoms with Gasteiger partial charge in [-0.25, -0.2) is 0 Å². The number of hydrogen-bond acceptors (Lipinski definition) is 3. The third-order valence-electron chi connectivity index (χ3n) is 4.83. The summed E-state index contributed by atoms with van der Waals surface area (Å²) < 4.78 is 17.8. The summed E-state index contributed by atoms with van der Waals surface area (Å²) in [5.41, 5.74) is 0. The molecule has 1 aliphatic rings. The number of ether oxygens (including phenoxy) is 2. The van der Waals surface area contributed by atoms with E-state index in [0.717, 1.165) is 0 Å². The lowest BCUT2D eigenvalue weighted by Crippen LogP contribution is -2.67. The van der Waals surface area contributed by atoms with Gasteiger partial charge >= 0.3 is 0 Å². The molecule has 0 spiro atoms. The standard InChI is InChI=1S/C21H28O3Si/c1-21(2,3)25(19-10-6-4-7-11-19,20-12-8-5-9-13-20)24-16-18-14-22-17-23-15-18/h4-13,18H,14-17H2,1-3H3. The Balaban J connectivity index is 2.02. The van der Waals surface area contributed by atoms with Crippen LogP contribution in [-0.4, -0.2) is 34.9 Å². The summed E-state index contributed by atoms with van der Waals surface area (Å²) in [5, 5.41) is 2.63. The molecule has 0 saturated carbocycles. The second-order valence-corrected chi connectivity index (χ2v) is 12.0. The van der Waals surface area contributed by atoms with Crippen LogP contribution in [0, 0.1) is 5.92 Å². The lowest BCUT2D eigenvalue weighted by molar-refractivity contribution is -0.132. The predicted molar refractivity (Wildman–Crippen MR) is 104 cm³/mol. The van der Waals surface area contributed by atoms with Crippen LogP contribution < -0.4 is 10.4 Å². The normalized spacial score (nSPS) is 16.8. The first-order chi connectivity index (χ1) is 12.0. The van der Waals surface area contributed by atoms with Gasteiger partial charge in [-0.3, -0.25) is 0 Å². The minimum atomic E-state index is -2.44. The molecule has 25 heavy (non-hydrogen) atoms. The summed E-state index contributed by atoms with van der Waals surface area (Å²) in [6, 6.07) is 21.5. The molecule has 134 valence electrons. The van der Waals surface area contributed by atoms with E-state index >= 15 is 0 Å². The molecule has 0 atom stereocenters. The topological polar surface area (TPSA) is 27.7 Å². The summed E-state index contributed by atoms with van der Waals surface area (Å²) in [6.45, 7) is 9.37. The molecule has 3 nitrogen and oxygen atoms in total. The molecule has 1 heterocycles. The zero-order chi connectivity index (χ0) is 17.8. The van der Waals surface area contributed by atoms with Crippen molar-refractivity contribution in [2.24, 2.45) is 5.92 Å². The molecule has 0 aliphatic carbocycles. The van der Waals surface area contributed by atoms with E-state index in [1.807, 2.05) is 0 Å². The van der Waals surface area contributed by atoms with Crippen molar-refractivity contribution in [1.82, 2.24) is 0 Å². The van der Waals surface area contributed by atoms with Gasteiger partial charge in [-0.15, -0.1) is 0 Å². The second-order valence-electron chi connectivity index (χ2n) is 7.70. The van der Waals surface area contributed by atoms with Crippen LogP contribution in [0.2, 0.25) is 5.04 Å². The van der Waals surface area contributed by atoms with Crippen molar-refractivity contribution < 1.29 is 13.9 Å². The molecule has 2 aromatic carbocycles. The van der Waals surface area contributed by atoms with Gasteiger partial charge in [0, 0.05) is 12.5 Å². The van der Waals surface area contributed by atoms with E-state index in [0.29, 0.717) is 26.6 Å². The van der Waals surface area contributed by atoms with Gasteiger partial charge in [-0.2, -0.15) is 0 Å². The highest BCUT2D eigenvalue weighted by molar-refractivity contribution is 6.99. The van der Waals surface area contributed by atoms with Crippen LogP contribution in [0.25, 0.3) is 0 Å². The fraction of sp³-hybridized carbons (Fsp3) is 0.429. The van der Waals surface area contributed by atoms with E-state index in [1.165, 1.54) is 10.4 Å². The molecule has 0 radical (unpaired) electrons. The van der Waals surface area contributed by atoms with Crippen molar-refractivity contribution in [2.75, 3.05) is 26.6 Å². The lowest BCUT2D eigenvalue weighted by Gasteiger charge is -2.44. The molecule has 0 amide bonds. The quantitative estimate of drug-likeness (QED) is 0.770. The maximum absolute atomic E-state index is 6.88. The van der Waals surface area contributed by atoms with E-state index in [2.05, 4.69) is 81.4 Å². The first-order valence-corrected chi connectivity index (χ1v) is 10.9. The SMILES string of the molecule is CC(C)(C)[Si](OCC1COCOC1)(c1ccccc1)c1ccccc1. The Labute approximate surface area is 152 Å². The average Bonchev–Trinajstić information content (AvgIpc) is 2.64. The van der Waals surface area contributed by atoms with Gasteiger partial charge in [0.15, 0.2) is 0 Å². The molecule has 1 saturated heterocycles. The highest BCUT2D eigenvalue weighted by Gasteiger charge is 2.50. The fourth-order valence-electron chi connectivity index (χ4n) is 3.64. The van der Waals surface area contributed by atoms with Gasteiger partial charge in [0.25, 0.3) is 8.32 Å². The lowest BCUT2D eigenvalue weighted by atomic mass is 10.2. The van der Waals surface area contributed by atoms with E-state index in [-0.39, 0.29) is 11.0 Å². The number of rotatable bonds is 5. The van der Waals surface area contributed by atoms with Crippen LogP contribution in [0.3, 0.4) is 0 Å². The first kappa shape index (κ1) is 18.3. The maximum atomic E-state index is 6.88. The van der Waals surface area contributed by atoms with Gasteiger partial charge in [0.05, 0.1) is 13.2 Å². The van der Waals surface area contributed by atoms with E-state index < -0.39 is 8.32 Å². The largest absolute Gasteiger partial charge is 0.407 e. The Morgan fingerprint density at radius 1 is 0.880 bits per heavy atom. The zero-order valence-electron chi connectivity index (χ0n) is 15.4. The van der Waals surface area contributed by atoms with E-state index in [1.54, 1.807) is 0 Å². The van der Waals surface area contributed by atoms with Gasteiger partial charge in [-0.05, 0) is 15.4 Å². The van der Waals surface area contributed by atoms with Gasteiger partial charge in [-0.1, -0.05) is 81.4 Å². The second kappa shape index (κ2) is 7.83. The Morgan fingerprint density at radius 3 is 1.80 bits per heavy atom. The van der Waals surface area contributed by atoms with E-state index in [4.69, 9.17) is 13.9 Å². The van der Waals surface area contributed by atoms with Crippen LogP contribution >= 0.6 is 0 Å². The van der Waals surface area contributed by atoms with Gasteiger partial charge < -0.3 is 13.9 Å². The molecule has 3 rings (SSSR count). The summed E-state index contributed by atoms with van der Waals surface area (Å²) in [6.07, 6.45) is 0. The fourth-order valence-corrected chi connectivity index (χ4v) is 8.28. The van der Waals surface area contributed by atoms with Gasteiger partial charge in [0.1, 0.15) is 6.79 Å². The summed E-state index contributed by atoms with van der Waals surface area (Å²) in [5.74, 6) is 0.287. The summed E-state index contributed by atoms with van der Waals surface area (Å²) >= 11 is 0. The molecule has 4 heteroatoms. The third-order valence-corrected chi connectivity index (χ3v) is 9.83. The van der Waals surface area contributed by atoms with Crippen LogP contribution in [0.4, 0.5) is 0 Å². The van der Waals surface area contributed by atoms with Crippen molar-refractivity contribution in [3.8, 4) is 0 Å². The molecule has 0 bridgehead atoms. The summed E-state index contributed by atoms with van der Waals surface area (Å²) in [4.78, 5) is 0. The molecule has 0 N–H and O–H groups in total. The number of hydrogen-bond donors (Lipinski definition) is 0. The molecular formula is C21H28O3Si. The monoisotopic (exact) mass is 356 g/mol. The van der Waals surface area contributed by atoms with Crippen LogP contribution in [-0.2, 0) is 13.9 Å². The van der Waals surface area contributed by atoms with Crippen molar-refractivity contribution in [2.45, 2.75) is 25.8 Å². The molecule has 1 fully saturated rings. The average molecular weight is 357 g/mol. The smallest absolute Gasteiger partial charge is 0.261 e. The van der Waals surface area contributed by atoms with Gasteiger partial charge in [0.2, 0.25) is 0 Å². The minimum Gasteiger partial charge on any atom is -0.407 e. The Hall–Kier alpha value is -1.46. The molecule has 2 aromatic rings.